The van der Waals surface area contributed by atoms with Gasteiger partial charge in [-0.05, 0) is 13.8 Å². The number of hydrogen-bond donors (Lipinski definition) is 2. The van der Waals surface area contributed by atoms with Gasteiger partial charge in [0.1, 0.15) is 11.6 Å². The molecule has 0 saturated carbocycles. The van der Waals surface area contributed by atoms with Crippen molar-refractivity contribution in [2.24, 2.45) is 0 Å². The highest BCUT2D eigenvalue weighted by atomic mass is 16.1. The summed E-state index contributed by atoms with van der Waals surface area (Å²) in [5.41, 5.74) is 0. The average Bonchev–Trinajstić information content (AvgIpc) is 1.85. The monoisotopic (exact) mass is 158 g/mol. The van der Waals surface area contributed by atoms with Crippen molar-refractivity contribution in [3.05, 3.63) is 0 Å². The maximum Gasteiger partial charge on any atom is 0.143 e. The van der Waals surface area contributed by atoms with E-state index in [9.17, 15) is 9.59 Å². The Morgan fingerprint density at radius 1 is 1.00 bits per heavy atom. The zero-order valence-electron chi connectivity index (χ0n) is 6.94. The lowest BCUT2D eigenvalue weighted by Gasteiger charge is -2.01. The van der Waals surface area contributed by atoms with E-state index in [1.807, 2.05) is 0 Å². The molecule has 4 heteroatoms. The Morgan fingerprint density at radius 3 is 1.64 bits per heavy atom. The summed E-state index contributed by atoms with van der Waals surface area (Å²) in [6, 6.07) is 0. The topological polar surface area (TPSA) is 58.2 Å². The van der Waals surface area contributed by atoms with Gasteiger partial charge in [0.25, 0.3) is 0 Å². The van der Waals surface area contributed by atoms with Crippen LogP contribution in [0.15, 0.2) is 0 Å². The van der Waals surface area contributed by atoms with E-state index in [2.05, 4.69) is 10.6 Å². The van der Waals surface area contributed by atoms with Crippen LogP contribution in [-0.2, 0) is 9.59 Å². The number of nitrogens with one attached hydrogen (secondary N) is 2. The Balaban J connectivity index is 3.03. The summed E-state index contributed by atoms with van der Waals surface area (Å²) in [4.78, 5) is 20.8. The minimum absolute atomic E-state index is 0.0922. The molecule has 2 N–H and O–H groups in total. The molecule has 0 aliphatic carbocycles. The van der Waals surface area contributed by atoms with E-state index in [1.165, 1.54) is 13.8 Å². The van der Waals surface area contributed by atoms with Crippen molar-refractivity contribution in [2.75, 3.05) is 19.8 Å². The van der Waals surface area contributed by atoms with Gasteiger partial charge in [0.2, 0.25) is 0 Å². The summed E-state index contributed by atoms with van der Waals surface area (Å²) in [5, 5.41) is 5.65. The van der Waals surface area contributed by atoms with Gasteiger partial charge in [0.05, 0.1) is 13.1 Å². The fraction of sp³-hybridized carbons (Fsp3) is 0.714. The maximum atomic E-state index is 10.4. The first-order valence-corrected chi connectivity index (χ1v) is 3.53. The quantitative estimate of drug-likeness (QED) is 0.396. The maximum absolute atomic E-state index is 10.4. The average molecular weight is 158 g/mol. The summed E-state index contributed by atoms with van der Waals surface area (Å²) in [5.74, 6) is 0.184. The minimum Gasteiger partial charge on any atom is -0.299 e. The number of ketones is 2. The second-order valence-electron chi connectivity index (χ2n) is 2.43. The SMILES string of the molecule is CC(=O)CNCNCC(C)=O. The van der Waals surface area contributed by atoms with Gasteiger partial charge < -0.3 is 0 Å². The van der Waals surface area contributed by atoms with Crippen LogP contribution >= 0.6 is 0 Å². The molecular formula is C7H14N2O2. The number of rotatable bonds is 6. The molecule has 0 atom stereocenters. The van der Waals surface area contributed by atoms with Gasteiger partial charge in [0.15, 0.2) is 0 Å². The molecule has 0 aromatic heterocycles. The van der Waals surface area contributed by atoms with E-state index in [4.69, 9.17) is 0 Å². The van der Waals surface area contributed by atoms with Gasteiger partial charge in [-0.1, -0.05) is 0 Å². The van der Waals surface area contributed by atoms with Crippen LogP contribution in [0.1, 0.15) is 13.8 Å². The van der Waals surface area contributed by atoms with Crippen molar-refractivity contribution in [3.63, 3.8) is 0 Å². The molecule has 0 aliphatic rings. The standard InChI is InChI=1S/C7H14N2O2/c1-6(10)3-8-5-9-4-7(2)11/h8-9H,3-5H2,1-2H3. The van der Waals surface area contributed by atoms with Crippen molar-refractivity contribution in [3.8, 4) is 0 Å². The molecule has 0 unspecified atom stereocenters. The molecule has 0 rings (SSSR count). The van der Waals surface area contributed by atoms with Crippen LogP contribution in [0.5, 0.6) is 0 Å². The highest BCUT2D eigenvalue weighted by Gasteiger charge is 1.92. The van der Waals surface area contributed by atoms with Crippen LogP contribution in [0, 0.1) is 0 Å². The van der Waals surface area contributed by atoms with Crippen LogP contribution in [0.4, 0.5) is 0 Å². The van der Waals surface area contributed by atoms with Crippen LogP contribution in [-0.4, -0.2) is 31.3 Å². The first kappa shape index (κ1) is 10.3. The van der Waals surface area contributed by atoms with Crippen LogP contribution in [0.25, 0.3) is 0 Å². The number of carbonyl (C=O) groups is 2. The molecule has 0 radical (unpaired) electrons. The summed E-state index contributed by atoms with van der Waals surface area (Å²) < 4.78 is 0. The smallest absolute Gasteiger partial charge is 0.143 e. The molecule has 0 aliphatic heterocycles. The van der Waals surface area contributed by atoms with Crippen molar-refractivity contribution >= 4 is 11.6 Å². The zero-order valence-corrected chi connectivity index (χ0v) is 6.94. The van der Waals surface area contributed by atoms with Gasteiger partial charge in [-0.3, -0.25) is 20.2 Å². The molecular weight excluding hydrogens is 144 g/mol. The van der Waals surface area contributed by atoms with Crippen molar-refractivity contribution in [1.29, 1.82) is 0 Å². The van der Waals surface area contributed by atoms with Crippen molar-refractivity contribution in [1.82, 2.24) is 10.6 Å². The van der Waals surface area contributed by atoms with Crippen LogP contribution in [0.3, 0.4) is 0 Å². The highest BCUT2D eigenvalue weighted by Crippen LogP contribution is 1.64. The van der Waals surface area contributed by atoms with E-state index >= 15 is 0 Å². The van der Waals surface area contributed by atoms with E-state index in [1.54, 1.807) is 0 Å². The van der Waals surface area contributed by atoms with E-state index in [0.29, 0.717) is 19.8 Å². The minimum atomic E-state index is 0.0922. The first-order valence-electron chi connectivity index (χ1n) is 3.53. The molecule has 0 amide bonds. The Bertz CT molecular complexity index is 129. The van der Waals surface area contributed by atoms with Gasteiger partial charge in [-0.25, -0.2) is 0 Å². The molecule has 0 fully saturated rings. The fourth-order valence-corrected chi connectivity index (χ4v) is 0.565. The first-order chi connectivity index (χ1) is 5.13. The third-order valence-corrected chi connectivity index (χ3v) is 0.998. The zero-order chi connectivity index (χ0) is 8.69. The van der Waals surface area contributed by atoms with Gasteiger partial charge in [0, 0.05) is 6.67 Å². The lowest BCUT2D eigenvalue weighted by atomic mass is 10.4. The van der Waals surface area contributed by atoms with Crippen LogP contribution < -0.4 is 10.6 Å². The second kappa shape index (κ2) is 6.00. The van der Waals surface area contributed by atoms with E-state index in [0.717, 1.165) is 0 Å². The Hall–Kier alpha value is -0.740. The Kier molecular flexibility index (Phi) is 5.60. The van der Waals surface area contributed by atoms with Gasteiger partial charge in [-0.2, -0.15) is 0 Å². The molecule has 0 heterocycles. The lowest BCUT2D eigenvalue weighted by molar-refractivity contribution is -0.116. The summed E-state index contributed by atoms with van der Waals surface area (Å²) in [6.07, 6.45) is 0. The third kappa shape index (κ3) is 9.26. The molecule has 4 nitrogen and oxygen atoms in total. The molecule has 64 valence electrons. The van der Waals surface area contributed by atoms with Crippen molar-refractivity contribution in [2.45, 2.75) is 13.8 Å². The Morgan fingerprint density at radius 2 is 1.36 bits per heavy atom. The second-order valence-corrected chi connectivity index (χ2v) is 2.43. The number of hydrogen-bond acceptors (Lipinski definition) is 4. The molecule has 0 bridgehead atoms. The number of carbonyl (C=O) groups excluding carboxylic acids is 2. The predicted octanol–water partition coefficient (Wildman–Crippen LogP) is -0.699. The molecule has 11 heavy (non-hydrogen) atoms. The molecule has 0 spiro atoms. The predicted molar refractivity (Wildman–Crippen MR) is 42.2 cm³/mol. The van der Waals surface area contributed by atoms with Gasteiger partial charge >= 0.3 is 0 Å². The highest BCUT2D eigenvalue weighted by molar-refractivity contribution is 5.78. The van der Waals surface area contributed by atoms with E-state index < -0.39 is 0 Å². The van der Waals surface area contributed by atoms with E-state index in [-0.39, 0.29) is 11.6 Å². The fourth-order valence-electron chi connectivity index (χ4n) is 0.565. The van der Waals surface area contributed by atoms with Crippen molar-refractivity contribution < 1.29 is 9.59 Å². The normalized spacial score (nSPS) is 9.64. The lowest BCUT2D eigenvalue weighted by Crippen LogP contribution is -2.34. The molecule has 0 aromatic rings. The Labute approximate surface area is 66.4 Å². The number of Topliss-reactive ketones (excluding diaryl/α,β-unsaturated/α-hetero) is 2. The molecule has 0 saturated heterocycles. The molecule has 0 aromatic carbocycles. The van der Waals surface area contributed by atoms with Gasteiger partial charge in [-0.15, -0.1) is 0 Å². The largest absolute Gasteiger partial charge is 0.299 e. The summed E-state index contributed by atoms with van der Waals surface area (Å²) in [6.45, 7) is 4.23. The summed E-state index contributed by atoms with van der Waals surface area (Å²) in [7, 11) is 0. The third-order valence-electron chi connectivity index (χ3n) is 0.998. The summed E-state index contributed by atoms with van der Waals surface area (Å²) >= 11 is 0. The van der Waals surface area contributed by atoms with Crippen LogP contribution in [0.2, 0.25) is 0 Å².